The van der Waals surface area contributed by atoms with Crippen LogP contribution in [0.2, 0.25) is 0 Å². The third-order valence-electron chi connectivity index (χ3n) is 5.38. The van der Waals surface area contributed by atoms with Gasteiger partial charge in [-0.05, 0) is 47.5 Å². The van der Waals surface area contributed by atoms with Gasteiger partial charge in [0.1, 0.15) is 5.50 Å². The molecule has 30 heavy (non-hydrogen) atoms. The van der Waals surface area contributed by atoms with Gasteiger partial charge in [0.25, 0.3) is 5.91 Å². The van der Waals surface area contributed by atoms with Gasteiger partial charge in [0.05, 0.1) is 5.56 Å². The van der Waals surface area contributed by atoms with E-state index in [0.29, 0.717) is 38.3 Å². The van der Waals surface area contributed by atoms with E-state index in [1.807, 2.05) is 29.2 Å². The van der Waals surface area contributed by atoms with Gasteiger partial charge >= 0.3 is 6.18 Å². The largest absolute Gasteiger partial charge is 0.416 e. The average Bonchev–Trinajstić information content (AvgIpc) is 2.73. The highest BCUT2D eigenvalue weighted by Crippen LogP contribution is 2.29. The van der Waals surface area contributed by atoms with Gasteiger partial charge in [-0.15, -0.1) is 0 Å². The van der Waals surface area contributed by atoms with Gasteiger partial charge in [0.2, 0.25) is 0 Å². The minimum Gasteiger partial charge on any atom is -0.366 e. The second-order valence-corrected chi connectivity index (χ2v) is 7.94. The van der Waals surface area contributed by atoms with Gasteiger partial charge in [0.15, 0.2) is 0 Å². The summed E-state index contributed by atoms with van der Waals surface area (Å²) in [6.07, 6.45) is -0.584. The highest BCUT2D eigenvalue weighted by molar-refractivity contribution is 6.23. The summed E-state index contributed by atoms with van der Waals surface area (Å²) in [5.74, 6) is -0.0200. The zero-order chi connectivity index (χ0) is 21.3. The second kappa shape index (κ2) is 8.32. The zero-order valence-corrected chi connectivity index (χ0v) is 16.9. The van der Waals surface area contributed by atoms with Crippen molar-refractivity contribution in [2.45, 2.75) is 18.2 Å². The summed E-state index contributed by atoms with van der Waals surface area (Å²) in [7, 11) is 0. The number of halogens is 4. The molecular formula is C22H21ClF3N3O. The molecular weight excluding hydrogens is 415 g/mol. The first-order chi connectivity index (χ1) is 14.3. The van der Waals surface area contributed by atoms with Crippen LogP contribution < -0.4 is 5.32 Å². The number of benzene rings is 2. The number of rotatable bonds is 3. The van der Waals surface area contributed by atoms with Crippen molar-refractivity contribution in [1.82, 2.24) is 9.80 Å². The molecule has 2 aromatic carbocycles. The number of amides is 1. The van der Waals surface area contributed by atoms with Crippen LogP contribution in [0.15, 0.2) is 48.5 Å². The highest BCUT2D eigenvalue weighted by Gasteiger charge is 2.30. The van der Waals surface area contributed by atoms with Crippen molar-refractivity contribution < 1.29 is 18.0 Å². The average molecular weight is 436 g/mol. The van der Waals surface area contributed by atoms with Crippen molar-refractivity contribution in [2.75, 3.05) is 31.5 Å². The monoisotopic (exact) mass is 435 g/mol. The fourth-order valence-electron chi connectivity index (χ4n) is 3.70. The van der Waals surface area contributed by atoms with E-state index >= 15 is 0 Å². The fraction of sp³-hybridized carbons (Fsp3) is 0.318. The van der Waals surface area contributed by atoms with E-state index in [9.17, 15) is 18.0 Å². The standard InChI is InChI=1S/C22H21ClF3N3O/c23-20-8-4-16-13-17(3-7-19(16)27-20)21(30)29-11-9-28(10-12-29)14-15-1-5-18(6-2-15)22(24,25)26/h1-8,13,20,27H,9-12,14H2. The number of piperazine rings is 1. The molecule has 1 saturated heterocycles. The molecule has 2 aromatic rings. The third-order valence-corrected chi connectivity index (χ3v) is 5.64. The van der Waals surface area contributed by atoms with Crippen LogP contribution >= 0.6 is 11.6 Å². The number of fused-ring (bicyclic) bond motifs is 1. The summed E-state index contributed by atoms with van der Waals surface area (Å²) in [4.78, 5) is 16.8. The molecule has 4 rings (SSSR count). The Morgan fingerprint density at radius 2 is 1.77 bits per heavy atom. The lowest BCUT2D eigenvalue weighted by molar-refractivity contribution is -0.137. The van der Waals surface area contributed by atoms with E-state index in [1.165, 1.54) is 12.1 Å². The minimum absolute atomic E-state index is 0.0200. The predicted molar refractivity (Wildman–Crippen MR) is 111 cm³/mol. The molecule has 0 aromatic heterocycles. The summed E-state index contributed by atoms with van der Waals surface area (Å²) in [5, 5.41) is 3.13. The minimum atomic E-state index is -4.32. The van der Waals surface area contributed by atoms with Crippen LogP contribution in [0.1, 0.15) is 27.0 Å². The van der Waals surface area contributed by atoms with Crippen LogP contribution in [0.4, 0.5) is 18.9 Å². The quantitative estimate of drug-likeness (QED) is 0.562. The number of anilines is 1. The van der Waals surface area contributed by atoms with Crippen LogP contribution in [-0.2, 0) is 12.7 Å². The molecule has 158 valence electrons. The number of nitrogens with one attached hydrogen (secondary N) is 1. The van der Waals surface area contributed by atoms with Crippen molar-refractivity contribution >= 4 is 29.3 Å². The van der Waals surface area contributed by atoms with Crippen molar-refractivity contribution in [2.24, 2.45) is 0 Å². The first-order valence-electron chi connectivity index (χ1n) is 9.70. The molecule has 0 bridgehead atoms. The maximum atomic E-state index is 12.9. The molecule has 1 atom stereocenters. The maximum Gasteiger partial charge on any atom is 0.416 e. The normalized spacial score (nSPS) is 19.3. The summed E-state index contributed by atoms with van der Waals surface area (Å²) < 4.78 is 38.1. The van der Waals surface area contributed by atoms with Crippen LogP contribution in [0.3, 0.4) is 0 Å². The van der Waals surface area contributed by atoms with E-state index in [-0.39, 0.29) is 11.4 Å². The lowest BCUT2D eigenvalue weighted by atomic mass is 10.0. The van der Waals surface area contributed by atoms with Crippen LogP contribution in [0.5, 0.6) is 0 Å². The molecule has 0 saturated carbocycles. The van der Waals surface area contributed by atoms with E-state index in [4.69, 9.17) is 11.6 Å². The van der Waals surface area contributed by atoms with Gasteiger partial charge in [-0.25, -0.2) is 0 Å². The summed E-state index contributed by atoms with van der Waals surface area (Å²) in [6.45, 7) is 3.07. The Morgan fingerprint density at radius 3 is 2.43 bits per heavy atom. The Bertz CT molecular complexity index is 951. The van der Waals surface area contributed by atoms with Gasteiger partial charge in [-0.2, -0.15) is 13.2 Å². The Kier molecular flexibility index (Phi) is 5.75. The number of nitrogens with zero attached hydrogens (tertiary/aromatic N) is 2. The van der Waals surface area contributed by atoms with Crippen LogP contribution in [0.25, 0.3) is 6.08 Å². The van der Waals surface area contributed by atoms with Gasteiger partial charge in [0, 0.05) is 44.0 Å². The van der Waals surface area contributed by atoms with E-state index in [2.05, 4.69) is 10.2 Å². The third kappa shape index (κ3) is 4.63. The SMILES string of the molecule is O=C(c1ccc2c(c1)C=CC(Cl)N2)N1CCN(Cc2ccc(C(F)(F)F)cc2)CC1. The molecule has 2 aliphatic rings. The Hall–Kier alpha value is -2.51. The molecule has 1 N–H and O–H groups in total. The molecule has 0 aliphatic carbocycles. The molecule has 1 unspecified atom stereocenters. The fourth-order valence-corrected chi connectivity index (χ4v) is 3.89. The molecule has 0 radical (unpaired) electrons. The molecule has 8 heteroatoms. The Morgan fingerprint density at radius 1 is 1.07 bits per heavy atom. The summed E-state index contributed by atoms with van der Waals surface area (Å²) in [5.41, 5.74) is 2.39. The smallest absolute Gasteiger partial charge is 0.366 e. The molecule has 2 aliphatic heterocycles. The number of carbonyl (C=O) groups is 1. The first kappa shape index (κ1) is 20.8. The number of hydrogen-bond donors (Lipinski definition) is 1. The molecule has 4 nitrogen and oxygen atoms in total. The van der Waals surface area contributed by atoms with Crippen molar-refractivity contribution in [3.63, 3.8) is 0 Å². The van der Waals surface area contributed by atoms with E-state index in [0.717, 1.165) is 28.9 Å². The zero-order valence-electron chi connectivity index (χ0n) is 16.1. The first-order valence-corrected chi connectivity index (χ1v) is 10.1. The van der Waals surface area contributed by atoms with Gasteiger partial charge in [-0.1, -0.05) is 29.8 Å². The highest BCUT2D eigenvalue weighted by atomic mass is 35.5. The van der Waals surface area contributed by atoms with E-state index in [1.54, 1.807) is 6.07 Å². The Balaban J connectivity index is 1.33. The van der Waals surface area contributed by atoms with Crippen LogP contribution in [0, 0.1) is 0 Å². The lowest BCUT2D eigenvalue weighted by Crippen LogP contribution is -2.48. The van der Waals surface area contributed by atoms with Gasteiger partial charge < -0.3 is 10.2 Å². The topological polar surface area (TPSA) is 35.6 Å². The molecule has 2 heterocycles. The molecule has 0 spiro atoms. The lowest BCUT2D eigenvalue weighted by Gasteiger charge is -2.35. The number of hydrogen-bond acceptors (Lipinski definition) is 3. The van der Waals surface area contributed by atoms with Crippen molar-refractivity contribution in [3.05, 3.63) is 70.8 Å². The maximum absolute atomic E-state index is 12.9. The van der Waals surface area contributed by atoms with Crippen molar-refractivity contribution in [3.8, 4) is 0 Å². The predicted octanol–water partition coefficient (Wildman–Crippen LogP) is 4.67. The molecule has 1 amide bonds. The number of alkyl halides is 4. The summed E-state index contributed by atoms with van der Waals surface area (Å²) in [6, 6.07) is 10.8. The Labute approximate surface area is 177 Å². The second-order valence-electron chi connectivity index (χ2n) is 7.47. The van der Waals surface area contributed by atoms with E-state index < -0.39 is 11.7 Å². The van der Waals surface area contributed by atoms with Crippen molar-refractivity contribution in [1.29, 1.82) is 0 Å². The number of carbonyl (C=O) groups excluding carboxylic acids is 1. The van der Waals surface area contributed by atoms with Crippen LogP contribution in [-0.4, -0.2) is 47.4 Å². The van der Waals surface area contributed by atoms with Gasteiger partial charge in [-0.3, -0.25) is 9.69 Å². The molecule has 1 fully saturated rings. The summed E-state index contributed by atoms with van der Waals surface area (Å²) >= 11 is 6.04.